The number of halogens is 1. The highest BCUT2D eigenvalue weighted by atomic mass is 35.5. The van der Waals surface area contributed by atoms with Crippen LogP contribution in [0.25, 0.3) is 0 Å². The summed E-state index contributed by atoms with van der Waals surface area (Å²) in [7, 11) is 1.80. The third-order valence-corrected chi connectivity index (χ3v) is 2.57. The maximum atomic E-state index is 6.05. The normalized spacial score (nSPS) is 12.7. The monoisotopic (exact) mass is 238 g/mol. The first-order chi connectivity index (χ1) is 7.74. The number of nitrogens with zero attached hydrogens (tertiary/aromatic N) is 4. The molecule has 6 nitrogen and oxygen atoms in total. The van der Waals surface area contributed by atoms with Crippen molar-refractivity contribution in [3.05, 3.63) is 41.2 Å². The molecule has 2 aromatic rings. The van der Waals surface area contributed by atoms with Gasteiger partial charge >= 0.3 is 0 Å². The molecule has 0 aliphatic carbocycles. The summed E-state index contributed by atoms with van der Waals surface area (Å²) in [6.45, 7) is 0. The fourth-order valence-corrected chi connectivity index (χ4v) is 1.80. The molecular weight excluding hydrogens is 228 g/mol. The Labute approximate surface area is 97.4 Å². The van der Waals surface area contributed by atoms with Crippen LogP contribution in [0.3, 0.4) is 0 Å². The number of aryl methyl sites for hydroxylation is 1. The van der Waals surface area contributed by atoms with Gasteiger partial charge in [-0.2, -0.15) is 5.10 Å². The van der Waals surface area contributed by atoms with Crippen molar-refractivity contribution < 1.29 is 0 Å². The molecule has 0 aliphatic heterocycles. The van der Waals surface area contributed by atoms with Gasteiger partial charge in [-0.3, -0.25) is 10.5 Å². The quantitative estimate of drug-likeness (QED) is 0.598. The molecule has 0 spiro atoms. The Hall–Kier alpha value is -1.50. The van der Waals surface area contributed by atoms with Crippen LogP contribution >= 0.6 is 11.6 Å². The number of hydrogen-bond acceptors (Lipinski definition) is 5. The lowest BCUT2D eigenvalue weighted by atomic mass is 10.1. The van der Waals surface area contributed by atoms with E-state index in [1.807, 2.05) is 0 Å². The molecule has 0 amide bonds. The summed E-state index contributed by atoms with van der Waals surface area (Å²) in [6, 6.07) is 1.47. The van der Waals surface area contributed by atoms with Gasteiger partial charge in [0.2, 0.25) is 0 Å². The predicted octanol–water partition coefficient (Wildman–Crippen LogP) is 0.416. The minimum Gasteiger partial charge on any atom is -0.270 e. The second-order valence-corrected chi connectivity index (χ2v) is 3.64. The van der Waals surface area contributed by atoms with Crippen molar-refractivity contribution in [2.75, 3.05) is 0 Å². The molecule has 2 aromatic heterocycles. The zero-order valence-corrected chi connectivity index (χ0v) is 9.39. The number of aromatic nitrogens is 4. The zero-order valence-electron chi connectivity index (χ0n) is 8.63. The van der Waals surface area contributed by atoms with Crippen LogP contribution in [0.5, 0.6) is 0 Å². The number of hydrazine groups is 1. The van der Waals surface area contributed by atoms with E-state index in [4.69, 9.17) is 17.4 Å². The van der Waals surface area contributed by atoms with Crippen LogP contribution < -0.4 is 11.3 Å². The molecule has 7 heteroatoms. The van der Waals surface area contributed by atoms with Crippen molar-refractivity contribution in [2.24, 2.45) is 12.9 Å². The second kappa shape index (κ2) is 4.56. The first kappa shape index (κ1) is 11.0. The van der Waals surface area contributed by atoms with E-state index >= 15 is 0 Å². The van der Waals surface area contributed by atoms with Gasteiger partial charge in [0.15, 0.2) is 0 Å². The number of nitrogens with one attached hydrogen (secondary N) is 1. The van der Waals surface area contributed by atoms with Gasteiger partial charge in [-0.05, 0) is 6.07 Å². The molecule has 84 valence electrons. The van der Waals surface area contributed by atoms with E-state index in [0.29, 0.717) is 5.02 Å². The minimum absolute atomic E-state index is 0.303. The fraction of sp³-hybridized carbons (Fsp3) is 0.222. The Morgan fingerprint density at radius 3 is 2.88 bits per heavy atom. The van der Waals surface area contributed by atoms with Crippen molar-refractivity contribution in [2.45, 2.75) is 6.04 Å². The van der Waals surface area contributed by atoms with Crippen LogP contribution in [0.4, 0.5) is 0 Å². The Kier molecular flexibility index (Phi) is 3.14. The Balaban J connectivity index is 2.45. The third kappa shape index (κ3) is 1.90. The van der Waals surface area contributed by atoms with Crippen molar-refractivity contribution in [3.8, 4) is 0 Å². The summed E-state index contributed by atoms with van der Waals surface area (Å²) in [4.78, 5) is 7.99. The lowest BCUT2D eigenvalue weighted by Crippen LogP contribution is -2.31. The Bertz CT molecular complexity index is 449. The highest BCUT2D eigenvalue weighted by Crippen LogP contribution is 2.25. The first-order valence-corrected chi connectivity index (χ1v) is 5.01. The van der Waals surface area contributed by atoms with E-state index in [1.54, 1.807) is 30.2 Å². The fourth-order valence-electron chi connectivity index (χ4n) is 1.52. The van der Waals surface area contributed by atoms with E-state index in [1.165, 1.54) is 6.33 Å². The van der Waals surface area contributed by atoms with Gasteiger partial charge in [0.25, 0.3) is 0 Å². The molecule has 0 saturated heterocycles. The highest BCUT2D eigenvalue weighted by molar-refractivity contribution is 6.31. The van der Waals surface area contributed by atoms with Gasteiger partial charge in [-0.1, -0.05) is 11.6 Å². The molecule has 0 saturated carbocycles. The van der Waals surface area contributed by atoms with E-state index in [-0.39, 0.29) is 6.04 Å². The summed E-state index contributed by atoms with van der Waals surface area (Å²) in [5.74, 6) is 5.52. The molecule has 0 aliphatic rings. The molecule has 0 aromatic carbocycles. The van der Waals surface area contributed by atoms with Crippen molar-refractivity contribution >= 4 is 11.6 Å². The molecule has 3 N–H and O–H groups in total. The van der Waals surface area contributed by atoms with Crippen LogP contribution in [-0.2, 0) is 7.05 Å². The largest absolute Gasteiger partial charge is 0.270 e. The highest BCUT2D eigenvalue weighted by Gasteiger charge is 2.20. The van der Waals surface area contributed by atoms with Gasteiger partial charge in [0, 0.05) is 13.2 Å². The molecule has 0 radical (unpaired) electrons. The Morgan fingerprint density at radius 1 is 1.56 bits per heavy atom. The molecule has 2 heterocycles. The average molecular weight is 239 g/mol. The number of hydrogen-bond donors (Lipinski definition) is 2. The van der Waals surface area contributed by atoms with Crippen molar-refractivity contribution in [3.63, 3.8) is 0 Å². The van der Waals surface area contributed by atoms with Gasteiger partial charge < -0.3 is 0 Å². The van der Waals surface area contributed by atoms with Crippen LogP contribution in [0.15, 0.2) is 24.8 Å². The maximum Gasteiger partial charge on any atom is 0.115 e. The first-order valence-electron chi connectivity index (χ1n) is 4.63. The summed E-state index contributed by atoms with van der Waals surface area (Å²) in [6.07, 6.45) is 4.68. The van der Waals surface area contributed by atoms with Crippen LogP contribution in [0.2, 0.25) is 5.02 Å². The number of rotatable bonds is 3. The van der Waals surface area contributed by atoms with Crippen LogP contribution in [0.1, 0.15) is 17.4 Å². The molecule has 1 unspecified atom stereocenters. The van der Waals surface area contributed by atoms with Crippen molar-refractivity contribution in [1.82, 2.24) is 25.2 Å². The molecule has 1 atom stereocenters. The molecule has 0 bridgehead atoms. The standard InChI is InChI=1S/C9H11ClN6/c1-16-9(6(10)4-14-16)8(15-11)7-2-3-12-5-13-7/h2-5,8,15H,11H2,1H3. The van der Waals surface area contributed by atoms with Crippen molar-refractivity contribution in [1.29, 1.82) is 0 Å². The lowest BCUT2D eigenvalue weighted by Gasteiger charge is -2.15. The average Bonchev–Trinajstić information content (AvgIpc) is 2.63. The minimum atomic E-state index is -0.303. The van der Waals surface area contributed by atoms with Crippen LogP contribution in [-0.4, -0.2) is 19.7 Å². The molecule has 16 heavy (non-hydrogen) atoms. The summed E-state index contributed by atoms with van der Waals surface area (Å²) in [5.41, 5.74) is 4.17. The summed E-state index contributed by atoms with van der Waals surface area (Å²) >= 11 is 6.05. The topological polar surface area (TPSA) is 81.7 Å². The smallest absolute Gasteiger partial charge is 0.115 e. The van der Waals surface area contributed by atoms with E-state index in [2.05, 4.69) is 20.5 Å². The zero-order chi connectivity index (χ0) is 11.5. The predicted molar refractivity (Wildman–Crippen MR) is 59.4 cm³/mol. The van der Waals surface area contributed by atoms with Gasteiger partial charge in [-0.25, -0.2) is 15.4 Å². The third-order valence-electron chi connectivity index (χ3n) is 2.28. The van der Waals surface area contributed by atoms with Crippen LogP contribution in [0, 0.1) is 0 Å². The van der Waals surface area contributed by atoms with Gasteiger partial charge in [-0.15, -0.1) is 0 Å². The molecule has 0 fully saturated rings. The second-order valence-electron chi connectivity index (χ2n) is 3.24. The summed E-state index contributed by atoms with van der Waals surface area (Å²) in [5, 5.41) is 4.60. The molecule has 2 rings (SSSR count). The SMILES string of the molecule is Cn1ncc(Cl)c1C(NN)c1ccncn1. The Morgan fingerprint density at radius 2 is 2.38 bits per heavy atom. The lowest BCUT2D eigenvalue weighted by molar-refractivity contribution is 0.563. The van der Waals surface area contributed by atoms with Gasteiger partial charge in [0.05, 0.1) is 22.6 Å². The van der Waals surface area contributed by atoms with E-state index < -0.39 is 0 Å². The van der Waals surface area contributed by atoms with E-state index in [0.717, 1.165) is 11.4 Å². The van der Waals surface area contributed by atoms with E-state index in [9.17, 15) is 0 Å². The molecular formula is C9H11ClN6. The summed E-state index contributed by atoms with van der Waals surface area (Å²) < 4.78 is 1.66. The van der Waals surface area contributed by atoms with Gasteiger partial charge in [0.1, 0.15) is 12.4 Å². The number of nitrogens with two attached hydrogens (primary N) is 1. The maximum absolute atomic E-state index is 6.05.